The molecule has 2 aromatic heterocycles. The molecule has 0 saturated heterocycles. The predicted molar refractivity (Wildman–Crippen MR) is 67.7 cm³/mol. The van der Waals surface area contributed by atoms with Gasteiger partial charge in [-0.3, -0.25) is 9.78 Å². The number of H-pyrrole nitrogens is 2. The number of hydrogen-bond acceptors (Lipinski definition) is 6. The highest BCUT2D eigenvalue weighted by atomic mass is 32.2. The minimum Gasteiger partial charge on any atom is -0.394 e. The molecule has 96 valence electrons. The summed E-state index contributed by atoms with van der Waals surface area (Å²) >= 11 is 1.20. The van der Waals surface area contributed by atoms with Crippen molar-refractivity contribution in [3.63, 3.8) is 0 Å². The summed E-state index contributed by atoms with van der Waals surface area (Å²) in [6.45, 7) is 1.75. The quantitative estimate of drug-likeness (QED) is 0.626. The molecule has 2 rings (SSSR count). The van der Waals surface area contributed by atoms with Gasteiger partial charge < -0.3 is 15.4 Å². The van der Waals surface area contributed by atoms with Crippen LogP contribution in [0.3, 0.4) is 0 Å². The Bertz CT molecular complexity index is 554. The highest BCUT2D eigenvalue weighted by Crippen LogP contribution is 2.19. The molecule has 0 fully saturated rings. The van der Waals surface area contributed by atoms with Crippen molar-refractivity contribution in [2.45, 2.75) is 23.0 Å². The second kappa shape index (κ2) is 5.69. The SMILES string of the molecule is C[C@H](CO)Nc1ncc(Sc2ncc[nH]2)c(=O)[nH]1. The molecular formula is C10H13N5O2S. The number of anilines is 1. The first-order valence-electron chi connectivity index (χ1n) is 5.33. The van der Waals surface area contributed by atoms with Crippen LogP contribution in [0.5, 0.6) is 0 Å². The van der Waals surface area contributed by atoms with Gasteiger partial charge in [-0.1, -0.05) is 0 Å². The van der Waals surface area contributed by atoms with E-state index in [2.05, 4.69) is 25.3 Å². The highest BCUT2D eigenvalue weighted by molar-refractivity contribution is 7.99. The molecule has 7 nitrogen and oxygen atoms in total. The number of nitrogens with one attached hydrogen (secondary N) is 3. The molecule has 0 saturated carbocycles. The molecule has 2 aromatic rings. The minimum atomic E-state index is -0.251. The first-order valence-corrected chi connectivity index (χ1v) is 6.14. The van der Waals surface area contributed by atoms with E-state index in [-0.39, 0.29) is 18.2 Å². The first-order chi connectivity index (χ1) is 8.69. The van der Waals surface area contributed by atoms with Crippen LogP contribution in [0, 0.1) is 0 Å². The molecule has 0 spiro atoms. The number of aromatic nitrogens is 4. The molecule has 0 aliphatic carbocycles. The standard InChI is InChI=1S/C10H13N5O2S/c1-6(5-16)14-9-13-4-7(8(17)15-9)18-10-11-2-3-12-10/h2-4,6,16H,5H2,1H3,(H,11,12)(H2,13,14,15,17)/t6-/m1/s1. The van der Waals surface area contributed by atoms with E-state index < -0.39 is 0 Å². The van der Waals surface area contributed by atoms with Gasteiger partial charge in [0.1, 0.15) is 0 Å². The molecular weight excluding hydrogens is 254 g/mol. The van der Waals surface area contributed by atoms with E-state index in [1.165, 1.54) is 18.0 Å². The lowest BCUT2D eigenvalue weighted by atomic mass is 10.4. The monoisotopic (exact) mass is 267 g/mol. The number of aliphatic hydroxyl groups is 1. The van der Waals surface area contributed by atoms with Gasteiger partial charge in [0.05, 0.1) is 17.7 Å². The molecule has 0 aliphatic rings. The van der Waals surface area contributed by atoms with Crippen molar-refractivity contribution < 1.29 is 5.11 Å². The molecule has 0 aliphatic heterocycles. The van der Waals surface area contributed by atoms with Gasteiger partial charge >= 0.3 is 0 Å². The Hall–Kier alpha value is -1.80. The molecule has 18 heavy (non-hydrogen) atoms. The average molecular weight is 267 g/mol. The van der Waals surface area contributed by atoms with E-state index in [4.69, 9.17) is 5.11 Å². The largest absolute Gasteiger partial charge is 0.394 e. The van der Waals surface area contributed by atoms with Gasteiger partial charge in [-0.2, -0.15) is 0 Å². The summed E-state index contributed by atoms with van der Waals surface area (Å²) in [7, 11) is 0. The second-order valence-electron chi connectivity index (χ2n) is 3.65. The Morgan fingerprint density at radius 3 is 3.00 bits per heavy atom. The highest BCUT2D eigenvalue weighted by Gasteiger charge is 2.07. The lowest BCUT2D eigenvalue weighted by molar-refractivity contribution is 0.281. The maximum Gasteiger partial charge on any atom is 0.266 e. The average Bonchev–Trinajstić information content (AvgIpc) is 2.85. The molecule has 0 amide bonds. The second-order valence-corrected chi connectivity index (χ2v) is 4.68. The third-order valence-corrected chi connectivity index (χ3v) is 3.03. The van der Waals surface area contributed by atoms with E-state index in [1.54, 1.807) is 19.3 Å². The van der Waals surface area contributed by atoms with Gasteiger partial charge in [0.25, 0.3) is 5.56 Å². The summed E-state index contributed by atoms with van der Waals surface area (Å²) in [5.41, 5.74) is -0.251. The normalized spacial score (nSPS) is 12.3. The fourth-order valence-corrected chi connectivity index (χ4v) is 1.92. The van der Waals surface area contributed by atoms with Crippen LogP contribution in [-0.2, 0) is 0 Å². The van der Waals surface area contributed by atoms with Crippen molar-refractivity contribution in [3.8, 4) is 0 Å². The zero-order chi connectivity index (χ0) is 13.0. The van der Waals surface area contributed by atoms with Crippen LogP contribution in [0.1, 0.15) is 6.92 Å². The number of imidazole rings is 1. The molecule has 8 heteroatoms. The summed E-state index contributed by atoms with van der Waals surface area (Å²) in [6.07, 6.45) is 4.77. The molecule has 0 bridgehead atoms. The Labute approximate surface area is 107 Å². The topological polar surface area (TPSA) is 107 Å². The third-order valence-electron chi connectivity index (χ3n) is 2.10. The van der Waals surface area contributed by atoms with Crippen LogP contribution in [0.2, 0.25) is 0 Å². The Balaban J connectivity index is 2.13. The summed E-state index contributed by atoms with van der Waals surface area (Å²) in [5.74, 6) is 0.338. The molecule has 4 N–H and O–H groups in total. The lowest BCUT2D eigenvalue weighted by Crippen LogP contribution is -2.23. The number of aromatic amines is 2. The Morgan fingerprint density at radius 2 is 2.39 bits per heavy atom. The van der Waals surface area contributed by atoms with E-state index in [1.807, 2.05) is 0 Å². The van der Waals surface area contributed by atoms with Crippen molar-refractivity contribution in [3.05, 3.63) is 28.9 Å². The minimum absolute atomic E-state index is 0.0351. The lowest BCUT2D eigenvalue weighted by Gasteiger charge is -2.10. The number of nitrogens with zero attached hydrogens (tertiary/aromatic N) is 2. The van der Waals surface area contributed by atoms with Crippen LogP contribution in [0.4, 0.5) is 5.95 Å². The summed E-state index contributed by atoms with van der Waals surface area (Å²) < 4.78 is 0. The maximum absolute atomic E-state index is 11.8. The van der Waals surface area contributed by atoms with Crippen LogP contribution in [0.25, 0.3) is 0 Å². The number of aliphatic hydroxyl groups excluding tert-OH is 1. The Morgan fingerprint density at radius 1 is 1.56 bits per heavy atom. The molecule has 0 radical (unpaired) electrons. The summed E-state index contributed by atoms with van der Waals surface area (Å²) in [6, 6.07) is -0.170. The van der Waals surface area contributed by atoms with Gasteiger partial charge in [0, 0.05) is 18.4 Å². The van der Waals surface area contributed by atoms with Crippen LogP contribution in [0.15, 0.2) is 33.4 Å². The fourth-order valence-electron chi connectivity index (χ4n) is 1.22. The van der Waals surface area contributed by atoms with Crippen molar-refractivity contribution in [2.75, 3.05) is 11.9 Å². The van der Waals surface area contributed by atoms with Crippen molar-refractivity contribution in [2.24, 2.45) is 0 Å². The van der Waals surface area contributed by atoms with Gasteiger partial charge in [0.15, 0.2) is 5.16 Å². The van der Waals surface area contributed by atoms with Crippen LogP contribution in [-0.4, -0.2) is 37.7 Å². The van der Waals surface area contributed by atoms with Gasteiger partial charge in [-0.15, -0.1) is 0 Å². The van der Waals surface area contributed by atoms with Gasteiger partial charge in [-0.25, -0.2) is 9.97 Å². The smallest absolute Gasteiger partial charge is 0.266 e. The zero-order valence-electron chi connectivity index (χ0n) is 9.67. The van der Waals surface area contributed by atoms with Crippen molar-refractivity contribution in [1.29, 1.82) is 0 Å². The molecule has 2 heterocycles. The third kappa shape index (κ3) is 3.11. The van der Waals surface area contributed by atoms with Crippen LogP contribution < -0.4 is 10.9 Å². The van der Waals surface area contributed by atoms with Crippen molar-refractivity contribution >= 4 is 17.7 Å². The molecule has 0 unspecified atom stereocenters. The molecule has 1 atom stereocenters. The summed E-state index contributed by atoms with van der Waals surface area (Å²) in [4.78, 5) is 25.8. The fraction of sp³-hybridized carbons (Fsp3) is 0.300. The van der Waals surface area contributed by atoms with Crippen molar-refractivity contribution in [1.82, 2.24) is 19.9 Å². The maximum atomic E-state index is 11.8. The van der Waals surface area contributed by atoms with Gasteiger partial charge in [-0.05, 0) is 18.7 Å². The number of hydrogen-bond donors (Lipinski definition) is 4. The van der Waals surface area contributed by atoms with Gasteiger partial charge in [0.2, 0.25) is 5.95 Å². The van der Waals surface area contributed by atoms with E-state index in [0.717, 1.165) is 0 Å². The number of rotatable bonds is 5. The van der Waals surface area contributed by atoms with Crippen LogP contribution >= 0.6 is 11.8 Å². The summed E-state index contributed by atoms with van der Waals surface area (Å²) in [5, 5.41) is 12.4. The zero-order valence-corrected chi connectivity index (χ0v) is 10.5. The first kappa shape index (κ1) is 12.7. The van der Waals surface area contributed by atoms with E-state index in [9.17, 15) is 4.79 Å². The Kier molecular flexibility index (Phi) is 4.00. The van der Waals surface area contributed by atoms with E-state index in [0.29, 0.717) is 16.0 Å². The molecule has 0 aromatic carbocycles. The predicted octanol–water partition coefficient (Wildman–Crippen LogP) is 0.437. The van der Waals surface area contributed by atoms with E-state index >= 15 is 0 Å².